The van der Waals surface area contributed by atoms with Crippen LogP contribution < -0.4 is 89.4 Å². The number of hydrogen-bond donors (Lipinski definition) is 9. The van der Waals surface area contributed by atoms with Gasteiger partial charge in [0.05, 0.1) is 70.2 Å². The summed E-state index contributed by atoms with van der Waals surface area (Å²) in [4.78, 5) is 69.2. The van der Waals surface area contributed by atoms with E-state index in [9.17, 15) is 9.59 Å². The Morgan fingerprint density at radius 3 is 1.80 bits per heavy atom. The maximum atomic E-state index is 15.1. The number of nitrogens with two attached hydrogens (primary N) is 8. The first-order valence-electron chi connectivity index (χ1n) is 27.7. The number of urea groups is 1. The van der Waals surface area contributed by atoms with E-state index < -0.39 is 24.0 Å². The molecule has 0 aromatic heterocycles. The van der Waals surface area contributed by atoms with Gasteiger partial charge in [-0.25, -0.2) is 4.79 Å². The fourth-order valence-electron chi connectivity index (χ4n) is 10.0. The number of guanidine groups is 4. The molecule has 87 heavy (non-hydrogen) atoms. The molecular formula is C58H71Br2N17O10. The van der Waals surface area contributed by atoms with Gasteiger partial charge in [-0.3, -0.25) is 44.4 Å². The Morgan fingerprint density at radius 2 is 1.21 bits per heavy atom. The lowest BCUT2D eigenvalue weighted by atomic mass is 9.93. The zero-order chi connectivity index (χ0) is 62.1. The van der Waals surface area contributed by atoms with Crippen LogP contribution in [0.5, 0.6) is 34.5 Å². The number of fused-ring (bicyclic) bond motifs is 2. The number of para-hydroxylation sites is 1. The minimum Gasteiger partial charge on any atom is -0.494 e. The quantitative estimate of drug-likeness (QED) is 0.0136. The molecule has 17 N–H and O–H groups in total. The zero-order valence-corrected chi connectivity index (χ0v) is 51.3. The van der Waals surface area contributed by atoms with Crippen molar-refractivity contribution < 1.29 is 47.5 Å². The number of hydrogen-bond acceptors (Lipinski definition) is 16. The molecule has 0 saturated heterocycles. The molecule has 0 spiro atoms. The molecule has 5 aromatic rings. The molecule has 29 heteroatoms. The number of amidine groups is 1. The van der Waals surface area contributed by atoms with E-state index in [0.29, 0.717) is 82.2 Å². The highest BCUT2D eigenvalue weighted by atomic mass is 79.9. The predicted molar refractivity (Wildman–Crippen MR) is 340 cm³/mol. The van der Waals surface area contributed by atoms with Gasteiger partial charge in [-0.2, -0.15) is 0 Å². The van der Waals surface area contributed by atoms with Crippen LogP contribution in [-0.2, 0) is 20.9 Å². The number of ether oxygens (including phenoxy) is 7. The van der Waals surface area contributed by atoms with Crippen LogP contribution in [0.2, 0.25) is 0 Å². The van der Waals surface area contributed by atoms with Gasteiger partial charge in [0.2, 0.25) is 5.91 Å². The van der Waals surface area contributed by atoms with Crippen molar-refractivity contribution in [2.45, 2.75) is 38.4 Å². The highest BCUT2D eigenvalue weighted by Crippen LogP contribution is 2.55. The topological polar surface area (TPSA) is 408 Å². The fraction of sp³-hybridized carbons (Fsp3) is 0.345. The second kappa shape index (κ2) is 30.1. The highest BCUT2D eigenvalue weighted by molar-refractivity contribution is 9.10. The van der Waals surface area contributed by atoms with E-state index in [1.54, 1.807) is 47.2 Å². The molecule has 3 heterocycles. The van der Waals surface area contributed by atoms with E-state index in [2.05, 4.69) is 57.1 Å². The lowest BCUT2D eigenvalue weighted by molar-refractivity contribution is -0.144. The molecule has 8 rings (SSSR count). The second-order valence-corrected chi connectivity index (χ2v) is 21.3. The number of esters is 1. The molecule has 462 valence electrons. The molecule has 2 unspecified atom stereocenters. The minimum absolute atomic E-state index is 0.0225. The Balaban J connectivity index is 0.996. The van der Waals surface area contributed by atoms with E-state index in [-0.39, 0.29) is 127 Å². The van der Waals surface area contributed by atoms with Gasteiger partial charge in [0.1, 0.15) is 62.1 Å². The van der Waals surface area contributed by atoms with Gasteiger partial charge in [-0.05, 0) is 54.4 Å². The summed E-state index contributed by atoms with van der Waals surface area (Å²) in [6.07, 6.45) is -0.445. The van der Waals surface area contributed by atoms with Crippen LogP contribution >= 0.6 is 31.9 Å². The molecule has 0 radical (unpaired) electrons. The highest BCUT2D eigenvalue weighted by Gasteiger charge is 2.51. The standard InChI is InChI=1S/C58H71Br2N17O10/c1-3-82-41-31-42(81-2)48-49-45(41)53-74-46(33-7-12-36(59)13-8-33)47(34-9-14-37(60)15-10-34)77(53)58(80)76(49)24-23-75(48)25-30-84-44(79)18-17-43(78)73-32-35-11-16-39(52(87-29-22-72-57(67)68)50(35)85-27-20-70-55(63)64)38-5-4-6-40(83-26-19-69-54(61)62)51(38)86-28-21-71-56(65)66/h4-16,31,46-47H,3,17-30,32H2,1-2H3,(H,73,78)(H4,61,62,69)(H4,63,64,70)(H4,65,66,71)(H4,67,68,72). The third-order valence-corrected chi connectivity index (χ3v) is 14.8. The Labute approximate surface area is 519 Å². The Hall–Kier alpha value is -9.38. The van der Waals surface area contributed by atoms with Crippen molar-refractivity contribution in [3.05, 3.63) is 116 Å². The lowest BCUT2D eigenvalue weighted by Crippen LogP contribution is -2.55. The molecule has 0 bridgehead atoms. The van der Waals surface area contributed by atoms with Crippen LogP contribution in [0.1, 0.15) is 54.1 Å². The number of methoxy groups -OCH3 is 1. The maximum absolute atomic E-state index is 15.1. The normalized spacial score (nSPS) is 14.6. The molecule has 3 aliphatic rings. The van der Waals surface area contributed by atoms with Crippen LogP contribution in [0, 0.1) is 0 Å². The number of amides is 3. The smallest absolute Gasteiger partial charge is 0.330 e. The van der Waals surface area contributed by atoms with E-state index in [1.807, 2.05) is 66.4 Å². The first-order chi connectivity index (χ1) is 42.0. The number of carbonyl (C=O) groups is 3. The molecule has 3 aliphatic heterocycles. The average Bonchev–Trinajstić information content (AvgIpc) is 1.68. The monoisotopic (exact) mass is 1320 g/mol. The number of benzene rings is 5. The summed E-state index contributed by atoms with van der Waals surface area (Å²) in [5.74, 6) is 0.947. The number of nitrogens with one attached hydrogen (secondary N) is 1. The molecule has 3 amide bonds. The number of anilines is 2. The van der Waals surface area contributed by atoms with Gasteiger partial charge in [0.25, 0.3) is 0 Å². The largest absolute Gasteiger partial charge is 0.494 e. The van der Waals surface area contributed by atoms with Crippen LogP contribution in [0.15, 0.2) is 119 Å². The van der Waals surface area contributed by atoms with E-state index in [0.717, 1.165) is 20.1 Å². The summed E-state index contributed by atoms with van der Waals surface area (Å²) >= 11 is 7.14. The Morgan fingerprint density at radius 1 is 0.632 bits per heavy atom. The number of carbonyl (C=O) groups excluding carboxylic acids is 3. The fourth-order valence-corrected chi connectivity index (χ4v) is 10.6. The number of aliphatic imine (C=N–C) groups is 5. The van der Waals surface area contributed by atoms with Crippen LogP contribution in [-0.4, -0.2) is 145 Å². The van der Waals surface area contributed by atoms with Crippen LogP contribution in [0.3, 0.4) is 0 Å². The van der Waals surface area contributed by atoms with E-state index >= 15 is 4.79 Å². The van der Waals surface area contributed by atoms with Crippen molar-refractivity contribution in [1.29, 1.82) is 0 Å². The summed E-state index contributed by atoms with van der Waals surface area (Å²) in [6, 6.07) is 25.3. The molecule has 27 nitrogen and oxygen atoms in total. The van der Waals surface area contributed by atoms with Crippen molar-refractivity contribution in [2.24, 2.45) is 70.8 Å². The van der Waals surface area contributed by atoms with E-state index in [1.165, 1.54) is 0 Å². The maximum Gasteiger partial charge on any atom is 0.330 e. The number of nitrogens with zero attached hydrogens (tertiary/aromatic N) is 8. The minimum atomic E-state index is -0.600. The van der Waals surface area contributed by atoms with Crippen molar-refractivity contribution in [3.63, 3.8) is 0 Å². The van der Waals surface area contributed by atoms with Gasteiger partial charge in [-0.1, -0.05) is 74.3 Å². The third kappa shape index (κ3) is 15.9. The van der Waals surface area contributed by atoms with Gasteiger partial charge in [-0.15, -0.1) is 0 Å². The summed E-state index contributed by atoms with van der Waals surface area (Å²) in [5, 5.41) is 2.89. The van der Waals surface area contributed by atoms with Gasteiger partial charge in [0, 0.05) is 57.8 Å². The first kappa shape index (κ1) is 63.6. The summed E-state index contributed by atoms with van der Waals surface area (Å²) in [7, 11) is 1.55. The third-order valence-electron chi connectivity index (χ3n) is 13.7. The van der Waals surface area contributed by atoms with E-state index in [4.69, 9.17) is 84.0 Å². The molecule has 2 atom stereocenters. The van der Waals surface area contributed by atoms with Gasteiger partial charge < -0.3 is 89.2 Å². The Kier molecular flexibility index (Phi) is 22.0. The summed E-state index contributed by atoms with van der Waals surface area (Å²) < 4.78 is 45.1. The summed E-state index contributed by atoms with van der Waals surface area (Å²) in [6.45, 7) is 3.51. The zero-order valence-electron chi connectivity index (χ0n) is 48.1. The molecular weight excluding hydrogens is 1250 g/mol. The molecule has 0 saturated carbocycles. The van der Waals surface area contributed by atoms with Crippen molar-refractivity contribution in [3.8, 4) is 45.6 Å². The lowest BCUT2D eigenvalue weighted by Gasteiger charge is -2.45. The predicted octanol–water partition coefficient (Wildman–Crippen LogP) is 3.84. The van der Waals surface area contributed by atoms with Crippen LogP contribution in [0.25, 0.3) is 11.1 Å². The molecule has 0 aliphatic carbocycles. The van der Waals surface area contributed by atoms with Gasteiger partial charge in [0.15, 0.2) is 46.8 Å². The van der Waals surface area contributed by atoms with Crippen LogP contribution in [0.4, 0.5) is 16.2 Å². The van der Waals surface area contributed by atoms with Crippen molar-refractivity contribution >= 4 is 90.8 Å². The van der Waals surface area contributed by atoms with Crippen molar-refractivity contribution in [2.75, 3.05) is 102 Å². The summed E-state index contributed by atoms with van der Waals surface area (Å²) in [5.41, 5.74) is 50.0. The molecule has 0 fully saturated rings. The SMILES string of the molecule is CCOc1cc(OC)c2c3c1C1=NC(c4ccc(Br)cc4)C(c4ccc(Br)cc4)N1C(=O)N3CCN2CCOC(=O)CCC(=O)NCc1ccc(-c2cccc(OCCN=C(N)N)c2OCCN=C(N)N)c(OCCN=C(N)N)c1OCCN=C(N)N. The number of halogens is 2. The van der Waals surface area contributed by atoms with Crippen molar-refractivity contribution in [1.82, 2.24) is 10.2 Å². The average molecular weight is 1330 g/mol. The molecule has 5 aromatic carbocycles. The second-order valence-electron chi connectivity index (χ2n) is 19.5. The number of rotatable bonds is 30. The Bertz CT molecular complexity index is 3430. The van der Waals surface area contributed by atoms with Gasteiger partial charge >= 0.3 is 12.0 Å². The first-order valence-corrected chi connectivity index (χ1v) is 29.3.